The van der Waals surface area contributed by atoms with Crippen molar-refractivity contribution in [3.05, 3.63) is 56.4 Å². The summed E-state index contributed by atoms with van der Waals surface area (Å²) in [4.78, 5) is 14.1. The molecule has 0 bridgehead atoms. The first-order valence-corrected chi connectivity index (χ1v) is 6.00. The van der Waals surface area contributed by atoms with E-state index in [2.05, 4.69) is 20.9 Å². The van der Waals surface area contributed by atoms with E-state index in [-0.39, 0.29) is 17.3 Å². The molecule has 0 unspecified atom stereocenters. The van der Waals surface area contributed by atoms with Crippen LogP contribution >= 0.6 is 15.9 Å². The highest BCUT2D eigenvalue weighted by atomic mass is 79.9. The average Bonchev–Trinajstić information content (AvgIpc) is 2.35. The lowest BCUT2D eigenvalue weighted by molar-refractivity contribution is -0.386. The van der Waals surface area contributed by atoms with Crippen molar-refractivity contribution in [2.75, 3.05) is 0 Å². The minimum absolute atomic E-state index is 0.131. The molecule has 0 spiro atoms. The van der Waals surface area contributed by atoms with Crippen molar-refractivity contribution in [1.29, 1.82) is 0 Å². The number of benzene rings is 1. The summed E-state index contributed by atoms with van der Waals surface area (Å²) in [5.41, 5.74) is 0.313. The molecule has 0 aliphatic rings. The van der Waals surface area contributed by atoms with E-state index >= 15 is 0 Å². The second kappa shape index (κ2) is 5.31. The number of aromatic nitrogens is 1. The third-order valence-electron chi connectivity index (χ3n) is 2.27. The minimum atomic E-state index is -0.625. The zero-order valence-corrected chi connectivity index (χ0v) is 11.3. The molecule has 7 heteroatoms. The standard InChI is InChI=1S/C12H8BrFN2O3/c1-7-4-10(16(17)18)12(15-6-7)19-11-5-8(13)2-3-9(11)14/h2-6H,1H3. The molecule has 0 aliphatic carbocycles. The fourth-order valence-electron chi connectivity index (χ4n) is 1.41. The smallest absolute Gasteiger partial charge is 0.331 e. The van der Waals surface area contributed by atoms with Gasteiger partial charge < -0.3 is 4.74 Å². The van der Waals surface area contributed by atoms with Crippen LogP contribution in [0.15, 0.2) is 34.9 Å². The largest absolute Gasteiger partial charge is 0.431 e. The predicted octanol–water partition coefficient (Wildman–Crippen LogP) is 3.99. The first-order valence-electron chi connectivity index (χ1n) is 5.21. The molecule has 1 aromatic carbocycles. The van der Waals surface area contributed by atoms with Crippen LogP contribution in [0.1, 0.15) is 5.56 Å². The lowest BCUT2D eigenvalue weighted by Gasteiger charge is -2.07. The third-order valence-corrected chi connectivity index (χ3v) is 2.76. The first-order chi connectivity index (χ1) is 8.97. The summed E-state index contributed by atoms with van der Waals surface area (Å²) >= 11 is 3.17. The Hall–Kier alpha value is -2.02. The van der Waals surface area contributed by atoms with Crippen LogP contribution in [-0.4, -0.2) is 9.91 Å². The van der Waals surface area contributed by atoms with Gasteiger partial charge in [0.1, 0.15) is 0 Å². The number of aryl methyl sites for hydroxylation is 1. The maximum atomic E-state index is 13.5. The Morgan fingerprint density at radius 3 is 2.84 bits per heavy atom. The van der Waals surface area contributed by atoms with Crippen molar-refractivity contribution in [2.45, 2.75) is 6.92 Å². The molecule has 0 aliphatic heterocycles. The van der Waals surface area contributed by atoms with Gasteiger partial charge in [0.25, 0.3) is 5.88 Å². The predicted molar refractivity (Wildman–Crippen MR) is 69.8 cm³/mol. The molecule has 19 heavy (non-hydrogen) atoms. The Labute approximate surface area is 116 Å². The molecule has 0 N–H and O–H groups in total. The van der Waals surface area contributed by atoms with Gasteiger partial charge in [-0.2, -0.15) is 0 Å². The van der Waals surface area contributed by atoms with E-state index < -0.39 is 10.7 Å². The molecular weight excluding hydrogens is 319 g/mol. The third kappa shape index (κ3) is 3.05. The van der Waals surface area contributed by atoms with Crippen molar-refractivity contribution < 1.29 is 14.1 Å². The van der Waals surface area contributed by atoms with Crippen molar-refractivity contribution in [1.82, 2.24) is 4.98 Å². The monoisotopic (exact) mass is 326 g/mol. The van der Waals surface area contributed by atoms with Crippen LogP contribution in [0.3, 0.4) is 0 Å². The lowest BCUT2D eigenvalue weighted by atomic mass is 10.3. The van der Waals surface area contributed by atoms with E-state index in [1.807, 2.05) is 0 Å². The van der Waals surface area contributed by atoms with Crippen LogP contribution in [0, 0.1) is 22.9 Å². The summed E-state index contributed by atoms with van der Waals surface area (Å²) in [6, 6.07) is 5.39. The fraction of sp³-hybridized carbons (Fsp3) is 0.0833. The van der Waals surface area contributed by atoms with E-state index in [1.54, 1.807) is 6.92 Å². The quantitative estimate of drug-likeness (QED) is 0.631. The molecule has 2 rings (SSSR count). The minimum Gasteiger partial charge on any atom is -0.431 e. The molecule has 0 radical (unpaired) electrons. The second-order valence-electron chi connectivity index (χ2n) is 3.77. The fourth-order valence-corrected chi connectivity index (χ4v) is 1.75. The van der Waals surface area contributed by atoms with Gasteiger partial charge in [0.15, 0.2) is 11.6 Å². The van der Waals surface area contributed by atoms with Crippen LogP contribution in [0.5, 0.6) is 11.6 Å². The van der Waals surface area contributed by atoms with Crippen LogP contribution in [0.25, 0.3) is 0 Å². The van der Waals surface area contributed by atoms with Gasteiger partial charge in [0, 0.05) is 16.7 Å². The van der Waals surface area contributed by atoms with Gasteiger partial charge in [-0.25, -0.2) is 9.37 Å². The number of hydrogen-bond acceptors (Lipinski definition) is 4. The van der Waals surface area contributed by atoms with Gasteiger partial charge in [-0.1, -0.05) is 15.9 Å². The number of nitro groups is 1. The normalized spacial score (nSPS) is 10.3. The van der Waals surface area contributed by atoms with E-state index in [9.17, 15) is 14.5 Å². The molecular formula is C12H8BrFN2O3. The molecule has 0 saturated carbocycles. The Bertz CT molecular complexity index is 649. The molecule has 0 fully saturated rings. The molecule has 2 aromatic rings. The Morgan fingerprint density at radius 1 is 1.42 bits per heavy atom. The number of halogens is 2. The van der Waals surface area contributed by atoms with Crippen molar-refractivity contribution >= 4 is 21.6 Å². The van der Waals surface area contributed by atoms with E-state index in [0.717, 1.165) is 0 Å². The maximum absolute atomic E-state index is 13.5. The zero-order valence-electron chi connectivity index (χ0n) is 9.76. The Morgan fingerprint density at radius 2 is 2.16 bits per heavy atom. The maximum Gasteiger partial charge on any atom is 0.331 e. The number of rotatable bonds is 3. The Kier molecular flexibility index (Phi) is 3.75. The molecule has 1 heterocycles. The van der Waals surface area contributed by atoms with Gasteiger partial charge >= 0.3 is 5.69 Å². The summed E-state index contributed by atoms with van der Waals surface area (Å²) in [5, 5.41) is 10.9. The number of ether oxygens (including phenoxy) is 1. The van der Waals surface area contributed by atoms with Crippen molar-refractivity contribution in [2.24, 2.45) is 0 Å². The molecule has 1 aromatic heterocycles. The van der Waals surface area contributed by atoms with Crippen LogP contribution in [0.4, 0.5) is 10.1 Å². The molecule has 0 saturated heterocycles. The zero-order chi connectivity index (χ0) is 14.0. The molecule has 0 atom stereocenters. The summed E-state index contributed by atoms with van der Waals surface area (Å²) in [5.74, 6) is -0.999. The lowest BCUT2D eigenvalue weighted by Crippen LogP contribution is -1.98. The Balaban J connectivity index is 2.43. The van der Waals surface area contributed by atoms with E-state index in [1.165, 1.54) is 30.5 Å². The topological polar surface area (TPSA) is 65.3 Å². The summed E-state index contributed by atoms with van der Waals surface area (Å²) in [7, 11) is 0. The first kappa shape index (κ1) is 13.4. The summed E-state index contributed by atoms with van der Waals surface area (Å²) in [6.45, 7) is 1.67. The second-order valence-corrected chi connectivity index (χ2v) is 4.69. The number of hydrogen-bond donors (Lipinski definition) is 0. The van der Waals surface area contributed by atoms with Gasteiger partial charge in [0.05, 0.1) is 4.92 Å². The molecule has 98 valence electrons. The van der Waals surface area contributed by atoms with Gasteiger partial charge in [-0.15, -0.1) is 0 Å². The van der Waals surface area contributed by atoms with Gasteiger partial charge in [-0.3, -0.25) is 10.1 Å². The number of nitrogens with zero attached hydrogens (tertiary/aromatic N) is 2. The highest BCUT2D eigenvalue weighted by molar-refractivity contribution is 9.10. The number of pyridine rings is 1. The molecule has 0 amide bonds. The van der Waals surface area contributed by atoms with E-state index in [0.29, 0.717) is 10.0 Å². The van der Waals surface area contributed by atoms with Gasteiger partial charge in [-0.05, 0) is 30.7 Å². The van der Waals surface area contributed by atoms with Crippen LogP contribution in [0.2, 0.25) is 0 Å². The highest BCUT2D eigenvalue weighted by Crippen LogP contribution is 2.32. The average molecular weight is 327 g/mol. The van der Waals surface area contributed by atoms with Crippen molar-refractivity contribution in [3.63, 3.8) is 0 Å². The van der Waals surface area contributed by atoms with Crippen LogP contribution < -0.4 is 4.74 Å². The van der Waals surface area contributed by atoms with Crippen LogP contribution in [-0.2, 0) is 0 Å². The summed E-state index contributed by atoms with van der Waals surface area (Å²) < 4.78 is 19.3. The van der Waals surface area contributed by atoms with Crippen molar-refractivity contribution in [3.8, 4) is 11.6 Å². The highest BCUT2D eigenvalue weighted by Gasteiger charge is 2.19. The SMILES string of the molecule is Cc1cnc(Oc2cc(Br)ccc2F)c([N+](=O)[O-])c1. The molecule has 5 nitrogen and oxygen atoms in total. The summed E-state index contributed by atoms with van der Waals surface area (Å²) in [6.07, 6.45) is 1.41. The van der Waals surface area contributed by atoms with E-state index in [4.69, 9.17) is 4.74 Å². The van der Waals surface area contributed by atoms with Gasteiger partial charge in [0.2, 0.25) is 0 Å².